The number of benzene rings is 1. The first-order chi connectivity index (χ1) is 7.13. The summed E-state index contributed by atoms with van der Waals surface area (Å²) in [6, 6.07) is 5.47. The largest absolute Gasteiger partial charge is 0.375 e. The maximum absolute atomic E-state index is 5.89. The van der Waals surface area contributed by atoms with Gasteiger partial charge >= 0.3 is 0 Å². The van der Waals surface area contributed by atoms with E-state index in [1.807, 2.05) is 17.5 Å². The topological polar surface area (TPSA) is 38.9 Å². The minimum atomic E-state index is 0.582. The molecule has 1 aromatic heterocycles. The van der Waals surface area contributed by atoms with Crippen molar-refractivity contribution in [3.05, 3.63) is 44.9 Å². The standard InChI is InChI=1S/C10H8Cl2N2S/c11-7-1-6(2-8(12)4-7)3-9-5-15-10(13)14-9/h1-2,4-5H,3H2,(H2,13,14). The molecule has 2 nitrogen and oxygen atoms in total. The van der Waals surface area contributed by atoms with Gasteiger partial charge in [-0.15, -0.1) is 11.3 Å². The molecule has 0 saturated heterocycles. The summed E-state index contributed by atoms with van der Waals surface area (Å²) in [6.45, 7) is 0. The van der Waals surface area contributed by atoms with E-state index < -0.39 is 0 Å². The van der Waals surface area contributed by atoms with Gasteiger partial charge in [-0.2, -0.15) is 0 Å². The summed E-state index contributed by atoms with van der Waals surface area (Å²) in [4.78, 5) is 4.18. The van der Waals surface area contributed by atoms with E-state index in [1.165, 1.54) is 11.3 Å². The Morgan fingerprint density at radius 1 is 1.20 bits per heavy atom. The first-order valence-corrected chi connectivity index (χ1v) is 5.92. The fourth-order valence-electron chi connectivity index (χ4n) is 1.33. The van der Waals surface area contributed by atoms with Crippen LogP contribution in [-0.4, -0.2) is 4.98 Å². The van der Waals surface area contributed by atoms with Crippen molar-refractivity contribution in [1.29, 1.82) is 0 Å². The second-order valence-electron chi connectivity index (χ2n) is 3.13. The molecule has 2 aromatic rings. The minimum absolute atomic E-state index is 0.582. The number of nitrogens with zero attached hydrogens (tertiary/aromatic N) is 1. The van der Waals surface area contributed by atoms with Crippen LogP contribution in [0.1, 0.15) is 11.3 Å². The molecule has 0 amide bonds. The fourth-order valence-corrected chi connectivity index (χ4v) is 2.46. The van der Waals surface area contributed by atoms with Gasteiger partial charge < -0.3 is 5.73 Å². The number of thiazole rings is 1. The Morgan fingerprint density at radius 3 is 2.40 bits per heavy atom. The van der Waals surface area contributed by atoms with Crippen LogP contribution in [-0.2, 0) is 6.42 Å². The third-order valence-corrected chi connectivity index (χ3v) is 3.04. The number of anilines is 1. The zero-order valence-corrected chi connectivity index (χ0v) is 10.0. The van der Waals surface area contributed by atoms with Gasteiger partial charge in [0, 0.05) is 21.8 Å². The van der Waals surface area contributed by atoms with Crippen LogP contribution >= 0.6 is 34.5 Å². The van der Waals surface area contributed by atoms with Gasteiger partial charge in [-0.05, 0) is 23.8 Å². The Labute approximate surface area is 102 Å². The molecule has 0 aliphatic heterocycles. The maximum Gasteiger partial charge on any atom is 0.180 e. The molecule has 5 heteroatoms. The van der Waals surface area contributed by atoms with Crippen molar-refractivity contribution in [1.82, 2.24) is 4.98 Å². The van der Waals surface area contributed by atoms with Crippen molar-refractivity contribution in [3.63, 3.8) is 0 Å². The van der Waals surface area contributed by atoms with Crippen molar-refractivity contribution in [2.45, 2.75) is 6.42 Å². The van der Waals surface area contributed by atoms with Gasteiger partial charge in [0.15, 0.2) is 5.13 Å². The van der Waals surface area contributed by atoms with Crippen LogP contribution in [0, 0.1) is 0 Å². The van der Waals surface area contributed by atoms with Crippen LogP contribution in [0.3, 0.4) is 0 Å². The number of halogens is 2. The summed E-state index contributed by atoms with van der Waals surface area (Å²) in [5, 5.41) is 3.80. The molecule has 0 aliphatic carbocycles. The smallest absolute Gasteiger partial charge is 0.180 e. The second kappa shape index (κ2) is 4.39. The lowest BCUT2D eigenvalue weighted by atomic mass is 10.1. The monoisotopic (exact) mass is 258 g/mol. The number of nitrogens with two attached hydrogens (primary N) is 1. The number of hydrogen-bond acceptors (Lipinski definition) is 3. The lowest BCUT2D eigenvalue weighted by molar-refractivity contribution is 1.11. The summed E-state index contributed by atoms with van der Waals surface area (Å²) >= 11 is 13.2. The van der Waals surface area contributed by atoms with Crippen molar-refractivity contribution < 1.29 is 0 Å². The van der Waals surface area contributed by atoms with Gasteiger partial charge in [0.2, 0.25) is 0 Å². The molecule has 1 aromatic carbocycles. The molecule has 0 atom stereocenters. The highest BCUT2D eigenvalue weighted by Crippen LogP contribution is 2.22. The quantitative estimate of drug-likeness (QED) is 0.894. The van der Waals surface area contributed by atoms with Gasteiger partial charge in [0.25, 0.3) is 0 Å². The summed E-state index contributed by atoms with van der Waals surface area (Å²) in [5.74, 6) is 0. The highest BCUT2D eigenvalue weighted by atomic mass is 35.5. The van der Waals surface area contributed by atoms with Crippen LogP contribution in [0.2, 0.25) is 10.0 Å². The molecule has 0 fully saturated rings. The second-order valence-corrected chi connectivity index (χ2v) is 4.89. The van der Waals surface area contributed by atoms with E-state index in [-0.39, 0.29) is 0 Å². The Morgan fingerprint density at radius 2 is 1.87 bits per heavy atom. The van der Waals surface area contributed by atoms with E-state index in [2.05, 4.69) is 4.98 Å². The molecular weight excluding hydrogens is 251 g/mol. The van der Waals surface area contributed by atoms with Gasteiger partial charge in [0.1, 0.15) is 0 Å². The highest BCUT2D eigenvalue weighted by molar-refractivity contribution is 7.13. The molecule has 0 unspecified atom stereocenters. The third-order valence-electron chi connectivity index (χ3n) is 1.88. The Kier molecular flexibility index (Phi) is 3.14. The average Bonchev–Trinajstić information content (AvgIpc) is 2.49. The maximum atomic E-state index is 5.89. The Balaban J connectivity index is 2.24. The van der Waals surface area contributed by atoms with Crippen LogP contribution in [0.5, 0.6) is 0 Å². The molecule has 2 rings (SSSR count). The lowest BCUT2D eigenvalue weighted by Gasteiger charge is -2.00. The molecule has 0 radical (unpaired) electrons. The molecule has 0 aliphatic rings. The molecule has 0 bridgehead atoms. The van der Waals surface area contributed by atoms with E-state index in [0.717, 1.165) is 11.3 Å². The van der Waals surface area contributed by atoms with Crippen LogP contribution in [0.15, 0.2) is 23.6 Å². The molecule has 2 N–H and O–H groups in total. The first kappa shape index (κ1) is 10.7. The first-order valence-electron chi connectivity index (χ1n) is 4.28. The van der Waals surface area contributed by atoms with Gasteiger partial charge in [-0.1, -0.05) is 23.2 Å². The van der Waals surface area contributed by atoms with Gasteiger partial charge in [0.05, 0.1) is 5.69 Å². The SMILES string of the molecule is Nc1nc(Cc2cc(Cl)cc(Cl)c2)cs1. The fraction of sp³-hybridized carbons (Fsp3) is 0.100. The van der Waals surface area contributed by atoms with Crippen molar-refractivity contribution >= 4 is 39.7 Å². The normalized spacial score (nSPS) is 10.5. The molecule has 15 heavy (non-hydrogen) atoms. The predicted octanol–water partition coefficient (Wildman–Crippen LogP) is 3.62. The Bertz CT molecular complexity index is 462. The summed E-state index contributed by atoms with van der Waals surface area (Å²) in [5.41, 5.74) is 7.53. The van der Waals surface area contributed by atoms with Crippen LogP contribution in [0.25, 0.3) is 0 Å². The molecule has 0 saturated carbocycles. The zero-order chi connectivity index (χ0) is 10.8. The lowest BCUT2D eigenvalue weighted by Crippen LogP contribution is -1.90. The summed E-state index contributed by atoms with van der Waals surface area (Å²) in [7, 11) is 0. The number of nitrogen functional groups attached to an aromatic ring is 1. The van der Waals surface area contributed by atoms with E-state index in [4.69, 9.17) is 28.9 Å². The van der Waals surface area contributed by atoms with E-state index in [9.17, 15) is 0 Å². The van der Waals surface area contributed by atoms with E-state index in [1.54, 1.807) is 6.07 Å². The summed E-state index contributed by atoms with van der Waals surface area (Å²) < 4.78 is 0. The average molecular weight is 259 g/mol. The van der Waals surface area contributed by atoms with Crippen LogP contribution in [0.4, 0.5) is 5.13 Å². The molecule has 1 heterocycles. The summed E-state index contributed by atoms with van der Waals surface area (Å²) in [6.07, 6.45) is 0.702. The third kappa shape index (κ3) is 2.84. The molecular formula is C10H8Cl2N2S. The predicted molar refractivity (Wildman–Crippen MR) is 65.8 cm³/mol. The highest BCUT2D eigenvalue weighted by Gasteiger charge is 2.03. The van der Waals surface area contributed by atoms with Gasteiger partial charge in [-0.25, -0.2) is 4.98 Å². The van der Waals surface area contributed by atoms with Crippen LogP contribution < -0.4 is 5.73 Å². The van der Waals surface area contributed by atoms with Crippen molar-refractivity contribution in [2.75, 3.05) is 5.73 Å². The molecule has 0 spiro atoms. The number of aromatic nitrogens is 1. The van der Waals surface area contributed by atoms with Gasteiger partial charge in [-0.3, -0.25) is 0 Å². The van der Waals surface area contributed by atoms with Crippen molar-refractivity contribution in [2.24, 2.45) is 0 Å². The van der Waals surface area contributed by atoms with E-state index in [0.29, 0.717) is 21.6 Å². The Hall–Kier alpha value is -0.770. The minimum Gasteiger partial charge on any atom is -0.375 e. The number of rotatable bonds is 2. The number of hydrogen-bond donors (Lipinski definition) is 1. The zero-order valence-electron chi connectivity index (χ0n) is 7.71. The van der Waals surface area contributed by atoms with E-state index >= 15 is 0 Å². The molecule has 78 valence electrons. The van der Waals surface area contributed by atoms with Crippen molar-refractivity contribution in [3.8, 4) is 0 Å².